The second-order valence-electron chi connectivity index (χ2n) is 7.65. The summed E-state index contributed by atoms with van der Waals surface area (Å²) in [6, 6.07) is 13.1. The van der Waals surface area contributed by atoms with Gasteiger partial charge in [0, 0.05) is 5.02 Å². The fraction of sp³-hybridized carbons (Fsp3) is 0.409. The number of amides is 1. The third-order valence-corrected chi connectivity index (χ3v) is 6.15. The topological polar surface area (TPSA) is 75.7 Å². The van der Waals surface area contributed by atoms with Crippen LogP contribution in [0.25, 0.3) is 0 Å². The van der Waals surface area contributed by atoms with Crippen LogP contribution in [0.1, 0.15) is 38.8 Å². The zero-order valence-corrected chi connectivity index (χ0v) is 19.5. The van der Waals surface area contributed by atoms with Crippen LogP contribution < -0.4 is 14.4 Å². The van der Waals surface area contributed by atoms with E-state index in [1.165, 1.54) is 13.2 Å². The fourth-order valence-corrected chi connectivity index (χ4v) is 4.68. The van der Waals surface area contributed by atoms with Gasteiger partial charge in [0.05, 0.1) is 25.1 Å². The standard InChI is InChI=1S/C22H29ClN2O4S/c1-15(2)13-19(17-9-7-6-8-10-17)24-22(26)16(3)25(30(5,27)28)20-14-18(23)11-12-21(20)29-4/h6-12,14-16,19H,13H2,1-5H3,(H,24,26)/t16-,19+/m0/s1. The van der Waals surface area contributed by atoms with Crippen molar-refractivity contribution in [2.45, 2.75) is 39.3 Å². The van der Waals surface area contributed by atoms with E-state index in [2.05, 4.69) is 19.2 Å². The number of sulfonamides is 1. The summed E-state index contributed by atoms with van der Waals surface area (Å²) in [7, 11) is -2.36. The van der Waals surface area contributed by atoms with Gasteiger partial charge in [0.2, 0.25) is 15.9 Å². The highest BCUT2D eigenvalue weighted by Gasteiger charge is 2.32. The van der Waals surface area contributed by atoms with E-state index in [4.69, 9.17) is 16.3 Å². The van der Waals surface area contributed by atoms with Gasteiger partial charge in [0.25, 0.3) is 0 Å². The van der Waals surface area contributed by atoms with Crippen LogP contribution in [0.5, 0.6) is 5.75 Å². The lowest BCUT2D eigenvalue weighted by atomic mass is 9.96. The molecule has 0 saturated carbocycles. The van der Waals surface area contributed by atoms with E-state index in [9.17, 15) is 13.2 Å². The Balaban J connectivity index is 2.39. The smallest absolute Gasteiger partial charge is 0.244 e. The third kappa shape index (κ3) is 6.12. The van der Waals surface area contributed by atoms with Crippen LogP contribution in [0, 0.1) is 5.92 Å². The number of methoxy groups -OCH3 is 1. The lowest BCUT2D eigenvalue weighted by molar-refractivity contribution is -0.122. The first-order chi connectivity index (χ1) is 14.0. The summed E-state index contributed by atoms with van der Waals surface area (Å²) < 4.78 is 31.6. The van der Waals surface area contributed by atoms with Crippen LogP contribution in [-0.2, 0) is 14.8 Å². The predicted molar refractivity (Wildman–Crippen MR) is 122 cm³/mol. The number of nitrogens with zero attached hydrogens (tertiary/aromatic N) is 1. The molecule has 0 aliphatic carbocycles. The average molecular weight is 453 g/mol. The van der Waals surface area contributed by atoms with Gasteiger partial charge in [-0.1, -0.05) is 55.8 Å². The Kier molecular flexibility index (Phi) is 8.15. The van der Waals surface area contributed by atoms with Crippen LogP contribution >= 0.6 is 11.6 Å². The average Bonchev–Trinajstić information content (AvgIpc) is 2.67. The summed E-state index contributed by atoms with van der Waals surface area (Å²) >= 11 is 6.10. The van der Waals surface area contributed by atoms with Crippen LogP contribution in [-0.4, -0.2) is 33.7 Å². The van der Waals surface area contributed by atoms with Gasteiger partial charge in [-0.05, 0) is 43.0 Å². The first kappa shape index (κ1) is 24.0. The number of anilines is 1. The first-order valence-electron chi connectivity index (χ1n) is 9.72. The monoisotopic (exact) mass is 452 g/mol. The summed E-state index contributed by atoms with van der Waals surface area (Å²) in [5, 5.41) is 3.36. The molecule has 0 unspecified atom stereocenters. The van der Waals surface area contributed by atoms with Crippen molar-refractivity contribution in [3.8, 4) is 5.75 Å². The minimum absolute atomic E-state index is 0.218. The molecule has 0 aliphatic heterocycles. The molecule has 2 aromatic rings. The van der Waals surface area contributed by atoms with Crippen molar-refractivity contribution in [1.82, 2.24) is 5.32 Å². The molecule has 0 bridgehead atoms. The predicted octanol–water partition coefficient (Wildman–Crippen LogP) is 4.41. The van der Waals surface area contributed by atoms with Gasteiger partial charge in [-0.25, -0.2) is 8.42 Å². The lowest BCUT2D eigenvalue weighted by Gasteiger charge is -2.31. The summed E-state index contributed by atoms with van der Waals surface area (Å²) in [6.07, 6.45) is 1.78. The summed E-state index contributed by atoms with van der Waals surface area (Å²) in [5.74, 6) is 0.244. The van der Waals surface area contributed by atoms with Crippen molar-refractivity contribution in [1.29, 1.82) is 0 Å². The Hall–Kier alpha value is -2.25. The number of hydrogen-bond donors (Lipinski definition) is 1. The molecule has 1 amide bonds. The molecule has 0 fully saturated rings. The molecule has 2 aromatic carbocycles. The maximum Gasteiger partial charge on any atom is 0.244 e. The summed E-state index contributed by atoms with van der Waals surface area (Å²) in [6.45, 7) is 5.70. The SMILES string of the molecule is COc1ccc(Cl)cc1N([C@@H](C)C(=O)N[C@H](CC(C)C)c1ccccc1)S(C)(=O)=O. The van der Waals surface area contributed by atoms with Crippen molar-refractivity contribution >= 4 is 33.2 Å². The van der Waals surface area contributed by atoms with Crippen molar-refractivity contribution < 1.29 is 17.9 Å². The lowest BCUT2D eigenvalue weighted by Crippen LogP contribution is -2.48. The summed E-state index contributed by atoms with van der Waals surface area (Å²) in [4.78, 5) is 13.2. The molecule has 0 aromatic heterocycles. The van der Waals surface area contributed by atoms with Crippen LogP contribution in [0.2, 0.25) is 5.02 Å². The van der Waals surface area contributed by atoms with Gasteiger partial charge in [-0.2, -0.15) is 0 Å². The number of carbonyl (C=O) groups excluding carboxylic acids is 1. The number of carbonyl (C=O) groups is 1. The zero-order chi connectivity index (χ0) is 22.5. The Morgan fingerprint density at radius 3 is 2.30 bits per heavy atom. The van der Waals surface area contributed by atoms with Gasteiger partial charge in [0.15, 0.2) is 0 Å². The Morgan fingerprint density at radius 1 is 1.13 bits per heavy atom. The number of nitrogens with one attached hydrogen (secondary N) is 1. The molecule has 6 nitrogen and oxygen atoms in total. The molecule has 2 atom stereocenters. The number of halogens is 1. The van der Waals surface area contributed by atoms with Crippen molar-refractivity contribution in [2.24, 2.45) is 5.92 Å². The van der Waals surface area contributed by atoms with Gasteiger partial charge >= 0.3 is 0 Å². The number of benzene rings is 2. The van der Waals surface area contributed by atoms with Crippen LogP contribution in [0.3, 0.4) is 0 Å². The number of rotatable bonds is 9. The molecular weight excluding hydrogens is 424 g/mol. The van der Waals surface area contributed by atoms with Crippen molar-refractivity contribution in [3.05, 3.63) is 59.1 Å². The summed E-state index contributed by atoms with van der Waals surface area (Å²) in [5.41, 5.74) is 1.19. The van der Waals surface area contributed by atoms with Gasteiger partial charge in [0.1, 0.15) is 11.8 Å². The van der Waals surface area contributed by atoms with E-state index in [1.54, 1.807) is 19.1 Å². The number of ether oxygens (including phenoxy) is 1. The van der Waals surface area contributed by atoms with Crippen molar-refractivity contribution in [3.63, 3.8) is 0 Å². The van der Waals surface area contributed by atoms with Crippen LogP contribution in [0.4, 0.5) is 5.69 Å². The molecule has 30 heavy (non-hydrogen) atoms. The van der Waals surface area contributed by atoms with E-state index in [-0.39, 0.29) is 11.7 Å². The zero-order valence-electron chi connectivity index (χ0n) is 17.9. The molecule has 2 rings (SSSR count). The third-order valence-electron chi connectivity index (χ3n) is 4.69. The molecule has 0 radical (unpaired) electrons. The van der Waals surface area contributed by atoms with E-state index >= 15 is 0 Å². The minimum Gasteiger partial charge on any atom is -0.495 e. The Labute approximate surface area is 184 Å². The molecule has 164 valence electrons. The van der Waals surface area contributed by atoms with E-state index in [1.807, 2.05) is 30.3 Å². The molecule has 0 spiro atoms. The van der Waals surface area contributed by atoms with Gasteiger partial charge < -0.3 is 10.1 Å². The molecule has 0 heterocycles. The van der Waals surface area contributed by atoms with E-state index in [0.717, 1.165) is 22.5 Å². The highest BCUT2D eigenvalue weighted by molar-refractivity contribution is 7.92. The maximum atomic E-state index is 13.2. The normalized spacial score (nSPS) is 13.6. The molecule has 1 N–H and O–H groups in total. The molecular formula is C22H29ClN2O4S. The Bertz CT molecular complexity index is 964. The molecule has 8 heteroatoms. The second-order valence-corrected chi connectivity index (χ2v) is 9.95. The largest absolute Gasteiger partial charge is 0.495 e. The first-order valence-corrected chi connectivity index (χ1v) is 12.0. The van der Waals surface area contributed by atoms with Crippen molar-refractivity contribution in [2.75, 3.05) is 17.7 Å². The number of hydrogen-bond acceptors (Lipinski definition) is 4. The molecule has 0 saturated heterocycles. The second kappa shape index (κ2) is 10.2. The van der Waals surface area contributed by atoms with E-state index in [0.29, 0.717) is 16.7 Å². The molecule has 0 aliphatic rings. The quantitative estimate of drug-likeness (QED) is 0.611. The highest BCUT2D eigenvalue weighted by Crippen LogP contribution is 2.34. The van der Waals surface area contributed by atoms with Crippen LogP contribution in [0.15, 0.2) is 48.5 Å². The Morgan fingerprint density at radius 2 is 1.77 bits per heavy atom. The fourth-order valence-electron chi connectivity index (χ4n) is 3.34. The maximum absolute atomic E-state index is 13.2. The van der Waals surface area contributed by atoms with Gasteiger partial charge in [-0.3, -0.25) is 9.10 Å². The minimum atomic E-state index is -3.80. The van der Waals surface area contributed by atoms with E-state index < -0.39 is 22.0 Å². The highest BCUT2D eigenvalue weighted by atomic mass is 35.5. The van der Waals surface area contributed by atoms with Gasteiger partial charge in [-0.15, -0.1) is 0 Å².